The van der Waals surface area contributed by atoms with Crippen molar-refractivity contribution < 1.29 is 4.74 Å². The number of rotatable bonds is 8. The lowest BCUT2D eigenvalue weighted by atomic mass is 10.2. The maximum Gasteiger partial charge on any atom is 0.222 e. The van der Waals surface area contributed by atoms with Gasteiger partial charge in [0.05, 0.1) is 19.9 Å². The Bertz CT molecular complexity index is 896. The molecule has 0 spiro atoms. The summed E-state index contributed by atoms with van der Waals surface area (Å²) < 4.78 is 7.19. The Labute approximate surface area is 156 Å². The molecule has 3 rings (SSSR count). The summed E-state index contributed by atoms with van der Waals surface area (Å²) in [6.07, 6.45) is 5.51. The molecule has 0 aromatic carbocycles. The largest absolute Gasteiger partial charge is 0.481 e. The lowest BCUT2D eigenvalue weighted by Gasteiger charge is -2.12. The van der Waals surface area contributed by atoms with Crippen molar-refractivity contribution in [2.75, 3.05) is 24.7 Å². The van der Waals surface area contributed by atoms with Crippen LogP contribution in [0.5, 0.6) is 5.88 Å². The van der Waals surface area contributed by atoms with E-state index in [0.717, 1.165) is 36.0 Å². The zero-order chi connectivity index (χ0) is 18.5. The first-order valence-electron chi connectivity index (χ1n) is 8.47. The van der Waals surface area contributed by atoms with Crippen molar-refractivity contribution in [2.24, 2.45) is 0 Å². The zero-order valence-electron chi connectivity index (χ0n) is 14.9. The highest BCUT2D eigenvalue weighted by molar-refractivity contribution is 6.17. The topological polar surface area (TPSA) is 104 Å². The molecule has 0 fully saturated rings. The second-order valence-electron chi connectivity index (χ2n) is 5.89. The maximum atomic E-state index is 5.94. The van der Waals surface area contributed by atoms with Gasteiger partial charge in [-0.25, -0.2) is 9.97 Å². The van der Waals surface area contributed by atoms with Crippen LogP contribution in [0.3, 0.4) is 0 Å². The number of hydrogen-bond acceptors (Lipinski definition) is 7. The molecule has 3 heterocycles. The number of nitrogens with zero attached hydrogens (tertiary/aromatic N) is 5. The smallest absolute Gasteiger partial charge is 0.222 e. The number of pyridine rings is 1. The van der Waals surface area contributed by atoms with Crippen molar-refractivity contribution in [1.29, 1.82) is 0 Å². The lowest BCUT2D eigenvalue weighted by molar-refractivity contribution is 0.390. The molecule has 8 nitrogen and oxygen atoms in total. The van der Waals surface area contributed by atoms with Crippen LogP contribution in [0.1, 0.15) is 30.9 Å². The van der Waals surface area contributed by atoms with Crippen molar-refractivity contribution in [3.8, 4) is 5.88 Å². The minimum absolute atomic E-state index is 0.222. The number of anilines is 2. The average Bonchev–Trinajstić information content (AvgIpc) is 3.04. The second-order valence-corrected chi connectivity index (χ2v) is 6.16. The molecule has 3 aromatic heterocycles. The normalized spacial score (nSPS) is 11.0. The number of fused-ring (bicyclic) bond motifs is 1. The highest BCUT2D eigenvalue weighted by Gasteiger charge is 2.15. The molecule has 138 valence electrons. The molecule has 0 saturated carbocycles. The van der Waals surface area contributed by atoms with Gasteiger partial charge in [-0.1, -0.05) is 13.3 Å². The van der Waals surface area contributed by atoms with Gasteiger partial charge in [0.2, 0.25) is 11.8 Å². The number of hydrogen-bond donors (Lipinski definition) is 2. The Hall–Kier alpha value is -2.61. The number of alkyl halides is 1. The molecule has 0 saturated heterocycles. The van der Waals surface area contributed by atoms with Crippen molar-refractivity contribution >= 4 is 34.4 Å². The lowest BCUT2D eigenvalue weighted by Crippen LogP contribution is -2.10. The summed E-state index contributed by atoms with van der Waals surface area (Å²) in [4.78, 5) is 12.9. The molecule has 0 aliphatic heterocycles. The van der Waals surface area contributed by atoms with E-state index in [1.807, 2.05) is 10.7 Å². The van der Waals surface area contributed by atoms with Crippen LogP contribution in [0.4, 0.5) is 11.8 Å². The van der Waals surface area contributed by atoms with Gasteiger partial charge in [0.1, 0.15) is 11.0 Å². The minimum atomic E-state index is 0.222. The van der Waals surface area contributed by atoms with Gasteiger partial charge >= 0.3 is 0 Å². The summed E-state index contributed by atoms with van der Waals surface area (Å²) in [6, 6.07) is 1.97. The molecule has 0 aliphatic carbocycles. The van der Waals surface area contributed by atoms with E-state index < -0.39 is 0 Å². The summed E-state index contributed by atoms with van der Waals surface area (Å²) in [6.45, 7) is 3.40. The summed E-state index contributed by atoms with van der Waals surface area (Å²) in [5, 5.41) is 7.79. The molecule has 0 bridgehead atoms. The Kier molecular flexibility index (Phi) is 5.72. The number of unbranched alkanes of at least 4 members (excludes halogenated alkanes) is 1. The first-order chi connectivity index (χ1) is 12.7. The number of halogens is 1. The van der Waals surface area contributed by atoms with Gasteiger partial charge in [-0.3, -0.25) is 4.68 Å². The third kappa shape index (κ3) is 3.80. The third-order valence-corrected chi connectivity index (χ3v) is 4.29. The number of nitrogen functional groups attached to an aromatic ring is 1. The number of methoxy groups -OCH3 is 1. The van der Waals surface area contributed by atoms with Gasteiger partial charge in [-0.15, -0.1) is 11.6 Å². The van der Waals surface area contributed by atoms with Crippen molar-refractivity contribution in [2.45, 2.75) is 32.2 Å². The Morgan fingerprint density at radius 2 is 2.15 bits per heavy atom. The van der Waals surface area contributed by atoms with E-state index >= 15 is 0 Å². The molecule has 26 heavy (non-hydrogen) atoms. The van der Waals surface area contributed by atoms with E-state index in [1.54, 1.807) is 19.5 Å². The fourth-order valence-corrected chi connectivity index (χ4v) is 2.87. The predicted octanol–water partition coefficient (Wildman–Crippen LogP) is 2.81. The number of nitrogens with one attached hydrogen (secondary N) is 1. The molecule has 9 heteroatoms. The van der Waals surface area contributed by atoms with Crippen LogP contribution in [-0.4, -0.2) is 38.4 Å². The molecule has 0 amide bonds. The Morgan fingerprint density at radius 1 is 1.31 bits per heavy atom. The van der Waals surface area contributed by atoms with Gasteiger partial charge in [-0.2, -0.15) is 10.1 Å². The Balaban J connectivity index is 2.00. The summed E-state index contributed by atoms with van der Waals surface area (Å²) in [5.41, 5.74) is 9.12. The molecule has 0 aliphatic rings. The monoisotopic (exact) mass is 375 g/mol. The van der Waals surface area contributed by atoms with Crippen LogP contribution in [-0.2, 0) is 12.4 Å². The number of nitrogens with two attached hydrogens (primary N) is 1. The SMILES string of the molecule is CCCCNc1nc(N)nc2cnn(Cc3cc(CCl)cnc3OC)c12. The van der Waals surface area contributed by atoms with Crippen molar-refractivity contribution in [1.82, 2.24) is 24.7 Å². The standard InChI is InChI=1S/C17H22ClN7O/c1-3-4-5-20-15-14-13(23-17(19)24-15)9-22-25(14)10-12-6-11(7-18)8-21-16(12)26-2/h6,8-9H,3-5,7,10H2,1-2H3,(H3,19,20,23,24). The van der Waals surface area contributed by atoms with Crippen LogP contribution in [0.15, 0.2) is 18.5 Å². The quantitative estimate of drug-likeness (QED) is 0.460. The molecular formula is C17H22ClN7O. The molecule has 3 N–H and O–H groups in total. The van der Waals surface area contributed by atoms with Gasteiger partial charge in [-0.05, 0) is 18.1 Å². The maximum absolute atomic E-state index is 5.94. The summed E-state index contributed by atoms with van der Waals surface area (Å²) in [7, 11) is 1.59. The fourth-order valence-electron chi connectivity index (χ4n) is 2.72. The number of aromatic nitrogens is 5. The van der Waals surface area contributed by atoms with Gasteiger partial charge in [0.25, 0.3) is 0 Å². The van der Waals surface area contributed by atoms with E-state index in [1.165, 1.54) is 0 Å². The van der Waals surface area contributed by atoms with E-state index in [2.05, 4.69) is 32.3 Å². The zero-order valence-corrected chi connectivity index (χ0v) is 15.6. The summed E-state index contributed by atoms with van der Waals surface area (Å²) >= 11 is 5.94. The third-order valence-electron chi connectivity index (χ3n) is 3.98. The van der Waals surface area contributed by atoms with E-state index in [9.17, 15) is 0 Å². The molecule has 0 unspecified atom stereocenters. The molecule has 0 radical (unpaired) electrons. The van der Waals surface area contributed by atoms with Crippen LogP contribution >= 0.6 is 11.6 Å². The minimum Gasteiger partial charge on any atom is -0.481 e. The van der Waals surface area contributed by atoms with Gasteiger partial charge < -0.3 is 15.8 Å². The second kappa shape index (κ2) is 8.18. The van der Waals surface area contributed by atoms with Crippen LogP contribution < -0.4 is 15.8 Å². The van der Waals surface area contributed by atoms with E-state index in [4.69, 9.17) is 22.1 Å². The predicted molar refractivity (Wildman–Crippen MR) is 103 cm³/mol. The first-order valence-corrected chi connectivity index (χ1v) is 9.00. The highest BCUT2D eigenvalue weighted by atomic mass is 35.5. The highest BCUT2D eigenvalue weighted by Crippen LogP contribution is 2.24. The van der Waals surface area contributed by atoms with Crippen LogP contribution in [0.25, 0.3) is 11.0 Å². The van der Waals surface area contributed by atoms with Crippen molar-refractivity contribution in [3.05, 3.63) is 29.6 Å². The molecular weight excluding hydrogens is 354 g/mol. The van der Waals surface area contributed by atoms with Crippen LogP contribution in [0.2, 0.25) is 0 Å². The van der Waals surface area contributed by atoms with E-state index in [0.29, 0.717) is 29.6 Å². The molecule has 0 atom stereocenters. The molecule has 3 aromatic rings. The van der Waals surface area contributed by atoms with E-state index in [-0.39, 0.29) is 5.95 Å². The van der Waals surface area contributed by atoms with Gasteiger partial charge in [0, 0.05) is 24.2 Å². The summed E-state index contributed by atoms with van der Waals surface area (Å²) in [5.74, 6) is 1.82. The van der Waals surface area contributed by atoms with Gasteiger partial charge in [0.15, 0.2) is 5.82 Å². The van der Waals surface area contributed by atoms with Crippen LogP contribution in [0, 0.1) is 0 Å². The number of ether oxygens (including phenoxy) is 1. The fraction of sp³-hybridized carbons (Fsp3) is 0.412. The first kappa shape index (κ1) is 18.2. The van der Waals surface area contributed by atoms with Crippen molar-refractivity contribution in [3.63, 3.8) is 0 Å². The average molecular weight is 376 g/mol. The Morgan fingerprint density at radius 3 is 2.88 bits per heavy atom.